The Morgan fingerprint density at radius 2 is 2.00 bits per heavy atom. The number of furan rings is 1. The van der Waals surface area contributed by atoms with Crippen LogP contribution >= 0.6 is 0 Å². The van der Waals surface area contributed by atoms with Crippen LogP contribution in [0, 0.1) is 0 Å². The van der Waals surface area contributed by atoms with Crippen molar-refractivity contribution in [1.29, 1.82) is 0 Å². The Bertz CT molecular complexity index is 1100. The predicted octanol–water partition coefficient (Wildman–Crippen LogP) is 2.80. The van der Waals surface area contributed by atoms with Gasteiger partial charge in [-0.1, -0.05) is 18.2 Å². The summed E-state index contributed by atoms with van der Waals surface area (Å²) in [6, 6.07) is 12.1. The lowest BCUT2D eigenvalue weighted by atomic mass is 10.1. The summed E-state index contributed by atoms with van der Waals surface area (Å²) in [6.45, 7) is 0.734. The van der Waals surface area contributed by atoms with E-state index < -0.39 is 9.84 Å². The Balaban J connectivity index is 1.68. The molecule has 2 aromatic carbocycles. The maximum atomic E-state index is 12.9. The standard InChI is InChI=1S/C19H17NO5S/c1-26(22,23)14-6-7-18-16(11-14)20(8-9-24-18)19(21)10-13-12-25-17-5-3-2-4-15(13)17/h2-7,11-12H,8-10H2,1H3. The molecule has 3 aromatic rings. The Hall–Kier alpha value is -2.80. The smallest absolute Gasteiger partial charge is 0.231 e. The first kappa shape index (κ1) is 16.7. The number of rotatable bonds is 3. The van der Waals surface area contributed by atoms with E-state index in [-0.39, 0.29) is 17.2 Å². The van der Waals surface area contributed by atoms with Crippen LogP contribution in [0.5, 0.6) is 5.75 Å². The number of hydrogen-bond donors (Lipinski definition) is 0. The number of fused-ring (bicyclic) bond motifs is 2. The maximum absolute atomic E-state index is 12.9. The number of para-hydroxylation sites is 1. The molecule has 0 atom stereocenters. The van der Waals surface area contributed by atoms with Gasteiger partial charge in [0.05, 0.1) is 29.8 Å². The molecule has 0 bridgehead atoms. The van der Waals surface area contributed by atoms with E-state index >= 15 is 0 Å². The molecular weight excluding hydrogens is 354 g/mol. The summed E-state index contributed by atoms with van der Waals surface area (Å²) in [5, 5.41) is 0.902. The molecule has 0 N–H and O–H groups in total. The van der Waals surface area contributed by atoms with Crippen molar-refractivity contribution in [1.82, 2.24) is 0 Å². The second-order valence-corrected chi connectivity index (χ2v) is 8.25. The van der Waals surface area contributed by atoms with Gasteiger partial charge in [0.15, 0.2) is 9.84 Å². The highest BCUT2D eigenvalue weighted by Crippen LogP contribution is 2.34. The van der Waals surface area contributed by atoms with Gasteiger partial charge in [-0.3, -0.25) is 4.79 Å². The highest BCUT2D eigenvalue weighted by molar-refractivity contribution is 7.90. The number of benzene rings is 2. The van der Waals surface area contributed by atoms with Crippen LogP contribution in [0.15, 0.2) is 58.0 Å². The van der Waals surface area contributed by atoms with Crippen LogP contribution in [0.2, 0.25) is 0 Å². The van der Waals surface area contributed by atoms with E-state index in [2.05, 4.69) is 0 Å². The molecule has 1 aliphatic heterocycles. The highest BCUT2D eigenvalue weighted by atomic mass is 32.2. The van der Waals surface area contributed by atoms with Crippen molar-refractivity contribution in [3.05, 3.63) is 54.3 Å². The number of ether oxygens (including phenoxy) is 1. The minimum Gasteiger partial charge on any atom is -0.490 e. The average molecular weight is 371 g/mol. The fraction of sp³-hybridized carbons (Fsp3) is 0.211. The molecule has 0 saturated heterocycles. The number of nitrogens with zero attached hydrogens (tertiary/aromatic N) is 1. The van der Waals surface area contributed by atoms with Gasteiger partial charge in [-0.25, -0.2) is 8.42 Å². The lowest BCUT2D eigenvalue weighted by molar-refractivity contribution is -0.118. The molecule has 4 rings (SSSR count). The molecule has 6 nitrogen and oxygen atoms in total. The van der Waals surface area contributed by atoms with Crippen LogP contribution in [0.25, 0.3) is 11.0 Å². The van der Waals surface area contributed by atoms with Crippen molar-refractivity contribution in [2.75, 3.05) is 24.3 Å². The highest BCUT2D eigenvalue weighted by Gasteiger charge is 2.26. The second kappa shape index (κ2) is 6.17. The van der Waals surface area contributed by atoms with E-state index in [9.17, 15) is 13.2 Å². The van der Waals surface area contributed by atoms with E-state index in [0.29, 0.717) is 24.6 Å². The lowest BCUT2D eigenvalue weighted by Gasteiger charge is -2.30. The average Bonchev–Trinajstić information content (AvgIpc) is 3.03. The first-order valence-electron chi connectivity index (χ1n) is 8.16. The summed E-state index contributed by atoms with van der Waals surface area (Å²) in [4.78, 5) is 14.7. The third-order valence-electron chi connectivity index (χ3n) is 4.43. The number of carbonyl (C=O) groups is 1. The zero-order chi connectivity index (χ0) is 18.3. The van der Waals surface area contributed by atoms with E-state index in [4.69, 9.17) is 9.15 Å². The van der Waals surface area contributed by atoms with Gasteiger partial charge in [-0.2, -0.15) is 0 Å². The maximum Gasteiger partial charge on any atom is 0.231 e. The van der Waals surface area contributed by atoms with Gasteiger partial charge < -0.3 is 14.1 Å². The van der Waals surface area contributed by atoms with E-state index in [1.54, 1.807) is 17.2 Å². The molecule has 26 heavy (non-hydrogen) atoms. The predicted molar refractivity (Wildman–Crippen MR) is 97.3 cm³/mol. The van der Waals surface area contributed by atoms with E-state index in [0.717, 1.165) is 22.8 Å². The van der Waals surface area contributed by atoms with Crippen molar-refractivity contribution in [2.24, 2.45) is 0 Å². The van der Waals surface area contributed by atoms with Crippen LogP contribution < -0.4 is 9.64 Å². The number of carbonyl (C=O) groups excluding carboxylic acids is 1. The topological polar surface area (TPSA) is 76.8 Å². The molecule has 0 radical (unpaired) electrons. The molecule has 1 aromatic heterocycles. The minimum absolute atomic E-state index is 0.133. The quantitative estimate of drug-likeness (QED) is 0.708. The molecule has 0 unspecified atom stereocenters. The van der Waals surface area contributed by atoms with Gasteiger partial charge in [0.25, 0.3) is 0 Å². The fourth-order valence-electron chi connectivity index (χ4n) is 3.12. The molecule has 134 valence electrons. The zero-order valence-electron chi connectivity index (χ0n) is 14.1. The normalized spacial score (nSPS) is 14.1. The Morgan fingerprint density at radius 1 is 1.19 bits per heavy atom. The molecule has 1 amide bonds. The van der Waals surface area contributed by atoms with Crippen molar-refractivity contribution in [3.8, 4) is 5.75 Å². The van der Waals surface area contributed by atoms with E-state index in [1.807, 2.05) is 24.3 Å². The minimum atomic E-state index is -3.37. The molecule has 0 spiro atoms. The van der Waals surface area contributed by atoms with Crippen LogP contribution in [0.3, 0.4) is 0 Å². The number of hydrogen-bond acceptors (Lipinski definition) is 5. The monoisotopic (exact) mass is 371 g/mol. The van der Waals surface area contributed by atoms with Crippen molar-refractivity contribution >= 4 is 32.4 Å². The van der Waals surface area contributed by atoms with Gasteiger partial charge >= 0.3 is 0 Å². The Labute approximate surface area is 150 Å². The molecule has 0 aliphatic carbocycles. The summed E-state index contributed by atoms with van der Waals surface area (Å²) >= 11 is 0. The molecule has 0 fully saturated rings. The summed E-state index contributed by atoms with van der Waals surface area (Å²) in [7, 11) is -3.37. The number of anilines is 1. The van der Waals surface area contributed by atoms with Crippen LogP contribution in [-0.2, 0) is 21.1 Å². The molecule has 2 heterocycles. The first-order chi connectivity index (χ1) is 12.4. The van der Waals surface area contributed by atoms with Gasteiger partial charge in [-0.15, -0.1) is 0 Å². The van der Waals surface area contributed by atoms with Crippen molar-refractivity contribution in [3.63, 3.8) is 0 Å². The zero-order valence-corrected chi connectivity index (χ0v) is 15.0. The summed E-state index contributed by atoms with van der Waals surface area (Å²) < 4.78 is 34.7. The lowest BCUT2D eigenvalue weighted by Crippen LogP contribution is -2.39. The van der Waals surface area contributed by atoms with Gasteiger partial charge in [0, 0.05) is 17.2 Å². The molecule has 0 saturated carbocycles. The molecule has 7 heteroatoms. The van der Waals surface area contributed by atoms with Crippen LogP contribution in [-0.4, -0.2) is 33.7 Å². The fourth-order valence-corrected chi connectivity index (χ4v) is 3.76. The van der Waals surface area contributed by atoms with Crippen LogP contribution in [0.1, 0.15) is 5.56 Å². The largest absolute Gasteiger partial charge is 0.490 e. The third-order valence-corrected chi connectivity index (χ3v) is 5.54. The second-order valence-electron chi connectivity index (χ2n) is 6.23. The van der Waals surface area contributed by atoms with Gasteiger partial charge in [-0.05, 0) is 24.3 Å². The summed E-state index contributed by atoms with van der Waals surface area (Å²) in [6.07, 6.45) is 2.90. The number of amides is 1. The third kappa shape index (κ3) is 2.94. The Kier molecular flexibility index (Phi) is 3.96. The van der Waals surface area contributed by atoms with E-state index in [1.165, 1.54) is 12.1 Å². The Morgan fingerprint density at radius 3 is 2.81 bits per heavy atom. The van der Waals surface area contributed by atoms with Gasteiger partial charge in [0.1, 0.15) is 17.9 Å². The summed E-state index contributed by atoms with van der Waals surface area (Å²) in [5.74, 6) is 0.376. The molecule has 1 aliphatic rings. The van der Waals surface area contributed by atoms with Gasteiger partial charge in [0.2, 0.25) is 5.91 Å². The van der Waals surface area contributed by atoms with Crippen molar-refractivity contribution in [2.45, 2.75) is 11.3 Å². The van der Waals surface area contributed by atoms with Crippen molar-refractivity contribution < 1.29 is 22.4 Å². The SMILES string of the molecule is CS(=O)(=O)c1ccc2c(c1)N(C(=O)Cc1coc3ccccc13)CCO2. The number of sulfone groups is 1. The summed E-state index contributed by atoms with van der Waals surface area (Å²) in [5.41, 5.74) is 2.02. The first-order valence-corrected chi connectivity index (χ1v) is 10.0. The van der Waals surface area contributed by atoms with Crippen LogP contribution in [0.4, 0.5) is 5.69 Å². The molecular formula is C19H17NO5S.